The fraction of sp³-hybridized carbons (Fsp3) is 0.250. The van der Waals surface area contributed by atoms with E-state index in [-0.39, 0.29) is 12.5 Å². The molecule has 3 aromatic rings. The van der Waals surface area contributed by atoms with Crippen LogP contribution in [-0.4, -0.2) is 30.5 Å². The van der Waals surface area contributed by atoms with Crippen LogP contribution < -0.4 is 5.32 Å². The van der Waals surface area contributed by atoms with Crippen molar-refractivity contribution >= 4 is 11.6 Å². The number of amides is 1. The molecule has 0 saturated carbocycles. The number of nitrogens with zero attached hydrogens (tertiary/aromatic N) is 5. The largest absolute Gasteiger partial charge is 0.324 e. The maximum atomic E-state index is 12.2. The van der Waals surface area contributed by atoms with Gasteiger partial charge in [-0.2, -0.15) is 10.2 Å². The average molecular weight is 310 g/mol. The molecular formula is C16H18N6O. The van der Waals surface area contributed by atoms with E-state index in [0.29, 0.717) is 11.5 Å². The van der Waals surface area contributed by atoms with Gasteiger partial charge in [0.1, 0.15) is 12.9 Å². The van der Waals surface area contributed by atoms with Crippen LogP contribution in [0.3, 0.4) is 0 Å². The Morgan fingerprint density at radius 3 is 2.70 bits per heavy atom. The zero-order valence-electron chi connectivity index (χ0n) is 13.3. The van der Waals surface area contributed by atoms with E-state index in [9.17, 15) is 4.79 Å². The lowest BCUT2D eigenvalue weighted by atomic mass is 10.2. The van der Waals surface area contributed by atoms with Crippen molar-refractivity contribution in [1.82, 2.24) is 24.5 Å². The number of nitrogens with one attached hydrogen (secondary N) is 1. The van der Waals surface area contributed by atoms with Gasteiger partial charge in [-0.05, 0) is 32.0 Å². The van der Waals surface area contributed by atoms with Gasteiger partial charge in [0.05, 0.1) is 5.69 Å². The van der Waals surface area contributed by atoms with Crippen molar-refractivity contribution in [3.8, 4) is 11.4 Å². The molecule has 1 N–H and O–H groups in total. The Balaban J connectivity index is 1.72. The SMILES string of the molecule is Cc1cc(C)n(CC(=O)Nc2cccc(-c3ncn(C)n3)c2)n1. The maximum Gasteiger partial charge on any atom is 0.246 e. The molecular weight excluding hydrogens is 292 g/mol. The van der Waals surface area contributed by atoms with Gasteiger partial charge in [-0.3, -0.25) is 14.2 Å². The van der Waals surface area contributed by atoms with Crippen molar-refractivity contribution in [2.24, 2.45) is 7.05 Å². The number of hydrogen-bond donors (Lipinski definition) is 1. The molecule has 0 saturated heterocycles. The minimum atomic E-state index is -0.123. The molecule has 0 aliphatic rings. The highest BCUT2D eigenvalue weighted by Crippen LogP contribution is 2.19. The number of carbonyl (C=O) groups is 1. The predicted molar refractivity (Wildman–Crippen MR) is 86.8 cm³/mol. The first kappa shape index (κ1) is 15.0. The number of carbonyl (C=O) groups excluding carboxylic acids is 1. The molecule has 1 aromatic carbocycles. The van der Waals surface area contributed by atoms with Gasteiger partial charge < -0.3 is 5.32 Å². The topological polar surface area (TPSA) is 77.6 Å². The molecule has 0 radical (unpaired) electrons. The minimum Gasteiger partial charge on any atom is -0.324 e. The molecule has 1 amide bonds. The summed E-state index contributed by atoms with van der Waals surface area (Å²) in [6.07, 6.45) is 1.64. The summed E-state index contributed by atoms with van der Waals surface area (Å²) in [6, 6.07) is 9.41. The molecule has 0 aliphatic carbocycles. The van der Waals surface area contributed by atoms with Crippen molar-refractivity contribution in [3.05, 3.63) is 48.0 Å². The van der Waals surface area contributed by atoms with Gasteiger partial charge in [-0.1, -0.05) is 12.1 Å². The monoisotopic (exact) mass is 310 g/mol. The molecule has 23 heavy (non-hydrogen) atoms. The Morgan fingerprint density at radius 1 is 1.22 bits per heavy atom. The minimum absolute atomic E-state index is 0.123. The maximum absolute atomic E-state index is 12.2. The van der Waals surface area contributed by atoms with E-state index in [1.807, 2.05) is 51.2 Å². The van der Waals surface area contributed by atoms with Crippen molar-refractivity contribution in [2.75, 3.05) is 5.32 Å². The van der Waals surface area contributed by atoms with Gasteiger partial charge >= 0.3 is 0 Å². The molecule has 0 unspecified atom stereocenters. The van der Waals surface area contributed by atoms with Crippen LogP contribution in [0.1, 0.15) is 11.4 Å². The van der Waals surface area contributed by atoms with Gasteiger partial charge in [0.25, 0.3) is 0 Å². The zero-order valence-corrected chi connectivity index (χ0v) is 13.3. The molecule has 3 rings (SSSR count). The van der Waals surface area contributed by atoms with Gasteiger partial charge in [-0.15, -0.1) is 0 Å². The summed E-state index contributed by atoms with van der Waals surface area (Å²) >= 11 is 0. The summed E-state index contributed by atoms with van der Waals surface area (Å²) < 4.78 is 3.33. The normalized spacial score (nSPS) is 10.7. The van der Waals surface area contributed by atoms with E-state index >= 15 is 0 Å². The molecule has 7 nitrogen and oxygen atoms in total. The molecule has 0 aliphatic heterocycles. The van der Waals surface area contributed by atoms with E-state index in [2.05, 4.69) is 20.5 Å². The van der Waals surface area contributed by atoms with E-state index in [0.717, 1.165) is 17.0 Å². The van der Waals surface area contributed by atoms with E-state index < -0.39 is 0 Å². The molecule has 0 atom stereocenters. The van der Waals surface area contributed by atoms with E-state index in [1.165, 1.54) is 0 Å². The second kappa shape index (κ2) is 6.04. The third kappa shape index (κ3) is 3.45. The number of hydrogen-bond acceptors (Lipinski definition) is 4. The molecule has 2 heterocycles. The van der Waals surface area contributed by atoms with Crippen molar-refractivity contribution < 1.29 is 4.79 Å². The first-order valence-electron chi connectivity index (χ1n) is 7.28. The summed E-state index contributed by atoms with van der Waals surface area (Å²) in [6.45, 7) is 4.02. The lowest BCUT2D eigenvalue weighted by Crippen LogP contribution is -2.20. The van der Waals surface area contributed by atoms with Crippen molar-refractivity contribution in [3.63, 3.8) is 0 Å². The van der Waals surface area contributed by atoms with Crippen LogP contribution in [0.15, 0.2) is 36.7 Å². The Bertz CT molecular complexity index is 848. The molecule has 118 valence electrons. The summed E-state index contributed by atoms with van der Waals surface area (Å²) in [5.74, 6) is 0.504. The van der Waals surface area contributed by atoms with Crippen LogP contribution in [0.2, 0.25) is 0 Å². The molecule has 7 heteroatoms. The average Bonchev–Trinajstić information content (AvgIpc) is 3.05. The fourth-order valence-corrected chi connectivity index (χ4v) is 2.38. The van der Waals surface area contributed by atoms with Gasteiger partial charge in [0, 0.05) is 24.0 Å². The first-order valence-corrected chi connectivity index (χ1v) is 7.28. The Labute approximate surface area is 134 Å². The van der Waals surface area contributed by atoms with Crippen molar-refractivity contribution in [2.45, 2.75) is 20.4 Å². The number of anilines is 1. The van der Waals surface area contributed by atoms with E-state index in [4.69, 9.17) is 0 Å². The highest BCUT2D eigenvalue weighted by atomic mass is 16.2. The smallest absolute Gasteiger partial charge is 0.246 e. The summed E-state index contributed by atoms with van der Waals surface area (Å²) in [5.41, 5.74) is 3.43. The zero-order chi connectivity index (χ0) is 16.4. The lowest BCUT2D eigenvalue weighted by molar-refractivity contribution is -0.116. The van der Waals surface area contributed by atoms with Crippen molar-refractivity contribution in [1.29, 1.82) is 0 Å². The quantitative estimate of drug-likeness (QED) is 0.799. The molecule has 0 spiro atoms. The van der Waals surface area contributed by atoms with Crippen LogP contribution in [0.4, 0.5) is 5.69 Å². The predicted octanol–water partition coefficient (Wildman–Crippen LogP) is 1.93. The third-order valence-electron chi connectivity index (χ3n) is 3.40. The number of rotatable bonds is 4. The summed E-state index contributed by atoms with van der Waals surface area (Å²) in [5, 5.41) is 11.4. The fourth-order valence-electron chi connectivity index (χ4n) is 2.38. The van der Waals surface area contributed by atoms with Gasteiger partial charge in [0.15, 0.2) is 5.82 Å². The number of benzene rings is 1. The molecule has 0 fully saturated rings. The van der Waals surface area contributed by atoms with Crippen LogP contribution in [0.5, 0.6) is 0 Å². The third-order valence-corrected chi connectivity index (χ3v) is 3.40. The number of aromatic nitrogens is 5. The Hall–Kier alpha value is -2.96. The summed E-state index contributed by atoms with van der Waals surface area (Å²) in [7, 11) is 1.82. The Morgan fingerprint density at radius 2 is 2.04 bits per heavy atom. The highest BCUT2D eigenvalue weighted by molar-refractivity contribution is 5.91. The first-order chi connectivity index (χ1) is 11.0. The van der Waals surface area contributed by atoms with Crippen LogP contribution in [-0.2, 0) is 18.4 Å². The Kier molecular flexibility index (Phi) is 3.92. The highest BCUT2D eigenvalue weighted by Gasteiger charge is 2.09. The lowest BCUT2D eigenvalue weighted by Gasteiger charge is -2.07. The number of aryl methyl sites for hydroxylation is 3. The van der Waals surface area contributed by atoms with Gasteiger partial charge in [0.2, 0.25) is 5.91 Å². The molecule has 2 aromatic heterocycles. The van der Waals surface area contributed by atoms with Crippen LogP contribution >= 0.6 is 0 Å². The van der Waals surface area contributed by atoms with Crippen LogP contribution in [0.25, 0.3) is 11.4 Å². The van der Waals surface area contributed by atoms with Gasteiger partial charge in [-0.25, -0.2) is 4.98 Å². The second-order valence-corrected chi connectivity index (χ2v) is 5.46. The molecule has 0 bridgehead atoms. The van der Waals surface area contributed by atoms with E-state index in [1.54, 1.807) is 15.7 Å². The second-order valence-electron chi connectivity index (χ2n) is 5.46. The summed E-state index contributed by atoms with van der Waals surface area (Å²) in [4.78, 5) is 16.4. The van der Waals surface area contributed by atoms with Crippen LogP contribution in [0, 0.1) is 13.8 Å². The standard InChI is InChI=1S/C16H18N6O/c1-11-7-12(2)22(19-11)9-15(23)18-14-6-4-5-13(8-14)16-17-10-21(3)20-16/h4-8,10H,9H2,1-3H3,(H,18,23).